The van der Waals surface area contributed by atoms with Crippen molar-refractivity contribution in [2.24, 2.45) is 0 Å². The molecule has 1 atom stereocenters. The number of carbonyl (C=O) groups excluding carboxylic acids is 1. The van der Waals surface area contributed by atoms with E-state index < -0.39 is 0 Å². The minimum atomic E-state index is 0.111. The van der Waals surface area contributed by atoms with E-state index in [2.05, 4.69) is 36.1 Å². The van der Waals surface area contributed by atoms with Gasteiger partial charge in [0.05, 0.1) is 28.3 Å². The molecule has 1 N–H and O–H groups in total. The lowest BCUT2D eigenvalue weighted by atomic mass is 9.96. The van der Waals surface area contributed by atoms with Crippen molar-refractivity contribution < 1.29 is 9.69 Å². The monoisotopic (exact) mass is 344 g/mol. The predicted molar refractivity (Wildman–Crippen MR) is 97.6 cm³/mol. The Hall–Kier alpha value is -1.46. The number of hydrogen-bond donors (Lipinski definition) is 1. The molecule has 2 aromatic rings. The van der Waals surface area contributed by atoms with E-state index in [0.29, 0.717) is 11.8 Å². The fourth-order valence-corrected chi connectivity index (χ4v) is 5.26. The lowest BCUT2D eigenvalue weighted by Crippen LogP contribution is -3.17. The zero-order valence-corrected chi connectivity index (χ0v) is 15.1. The number of thiazole rings is 1. The van der Waals surface area contributed by atoms with Crippen LogP contribution in [0.1, 0.15) is 43.5 Å². The third kappa shape index (κ3) is 3.07. The van der Waals surface area contributed by atoms with E-state index in [9.17, 15) is 4.79 Å². The molecule has 2 aliphatic rings. The highest BCUT2D eigenvalue weighted by molar-refractivity contribution is 7.18. The van der Waals surface area contributed by atoms with E-state index in [1.165, 1.54) is 27.4 Å². The molecule has 0 unspecified atom stereocenters. The van der Waals surface area contributed by atoms with Gasteiger partial charge in [0.2, 0.25) is 0 Å². The number of aromatic nitrogens is 1. The van der Waals surface area contributed by atoms with Gasteiger partial charge < -0.3 is 9.80 Å². The average Bonchev–Trinajstić information content (AvgIpc) is 3.30. The van der Waals surface area contributed by atoms with Gasteiger partial charge in [-0.2, -0.15) is 0 Å². The third-order valence-electron chi connectivity index (χ3n) is 5.69. The molecule has 0 bridgehead atoms. The summed E-state index contributed by atoms with van der Waals surface area (Å²) in [5, 5.41) is 1.29. The van der Waals surface area contributed by atoms with Crippen molar-refractivity contribution in [1.82, 2.24) is 9.88 Å². The zero-order chi connectivity index (χ0) is 16.5. The highest BCUT2D eigenvalue weighted by atomic mass is 32.1. The summed E-state index contributed by atoms with van der Waals surface area (Å²) in [5.74, 6) is 0.932. The molecule has 0 aliphatic carbocycles. The van der Waals surface area contributed by atoms with Gasteiger partial charge in [-0.1, -0.05) is 12.1 Å². The van der Waals surface area contributed by atoms with Gasteiger partial charge >= 0.3 is 0 Å². The molecule has 3 heterocycles. The molecular formula is C19H26N3OS+. The van der Waals surface area contributed by atoms with Crippen molar-refractivity contribution in [1.29, 1.82) is 0 Å². The molecule has 1 aromatic heterocycles. The maximum atomic E-state index is 12.6. The van der Waals surface area contributed by atoms with E-state index in [-0.39, 0.29) is 6.04 Å². The molecule has 5 heteroatoms. The second kappa shape index (κ2) is 6.81. The summed E-state index contributed by atoms with van der Waals surface area (Å²) in [6.45, 7) is 6.21. The number of piperidine rings is 1. The van der Waals surface area contributed by atoms with Crippen molar-refractivity contribution in [2.75, 3.05) is 26.2 Å². The predicted octanol–water partition coefficient (Wildman–Crippen LogP) is 2.07. The normalized spacial score (nSPS) is 26.0. The molecule has 4 rings (SSSR count). The number of carbonyl (C=O) groups is 1. The quantitative estimate of drug-likeness (QED) is 0.926. The fourth-order valence-electron chi connectivity index (χ4n) is 4.12. The van der Waals surface area contributed by atoms with Gasteiger partial charge in [-0.3, -0.25) is 4.79 Å². The SMILES string of the molecule is C[C@@H](C(=O)N1CCCC1)[NH+]1CCC(c2nc3ccccc3s2)CC1. The topological polar surface area (TPSA) is 37.6 Å². The molecule has 0 saturated carbocycles. The maximum Gasteiger partial charge on any atom is 0.280 e. The third-order valence-corrected chi connectivity index (χ3v) is 6.89. The van der Waals surface area contributed by atoms with Gasteiger partial charge in [-0.25, -0.2) is 4.98 Å². The number of benzene rings is 1. The Kier molecular flexibility index (Phi) is 4.55. The molecule has 1 amide bonds. The van der Waals surface area contributed by atoms with Crippen molar-refractivity contribution in [2.45, 2.75) is 44.6 Å². The van der Waals surface area contributed by atoms with Gasteiger partial charge in [0.1, 0.15) is 0 Å². The average molecular weight is 345 g/mol. The Morgan fingerprint density at radius 1 is 1.25 bits per heavy atom. The first-order valence-corrected chi connectivity index (χ1v) is 10.0. The summed E-state index contributed by atoms with van der Waals surface area (Å²) in [7, 11) is 0. The highest BCUT2D eigenvalue weighted by Gasteiger charge is 2.34. The summed E-state index contributed by atoms with van der Waals surface area (Å²) in [5.41, 5.74) is 1.13. The van der Waals surface area contributed by atoms with Crippen LogP contribution in [-0.2, 0) is 4.79 Å². The van der Waals surface area contributed by atoms with Crippen LogP contribution in [0.3, 0.4) is 0 Å². The Morgan fingerprint density at radius 2 is 1.96 bits per heavy atom. The number of likely N-dealkylation sites (tertiary alicyclic amines) is 2. The number of fused-ring (bicyclic) bond motifs is 1. The van der Waals surface area contributed by atoms with E-state index in [1.54, 1.807) is 0 Å². The van der Waals surface area contributed by atoms with Crippen LogP contribution in [0.15, 0.2) is 24.3 Å². The van der Waals surface area contributed by atoms with Gasteiger partial charge in [-0.15, -0.1) is 11.3 Å². The largest absolute Gasteiger partial charge is 0.338 e. The van der Waals surface area contributed by atoms with E-state index >= 15 is 0 Å². The second-order valence-corrected chi connectivity index (χ2v) is 8.27. The van der Waals surface area contributed by atoms with Gasteiger partial charge in [0.25, 0.3) is 5.91 Å². The smallest absolute Gasteiger partial charge is 0.280 e. The molecule has 24 heavy (non-hydrogen) atoms. The molecule has 128 valence electrons. The van der Waals surface area contributed by atoms with Crippen LogP contribution in [0.25, 0.3) is 10.2 Å². The fraction of sp³-hybridized carbons (Fsp3) is 0.579. The number of quaternary nitrogens is 1. The number of nitrogens with zero attached hydrogens (tertiary/aromatic N) is 2. The number of hydrogen-bond acceptors (Lipinski definition) is 3. The summed E-state index contributed by atoms with van der Waals surface area (Å²) >= 11 is 1.84. The lowest BCUT2D eigenvalue weighted by molar-refractivity contribution is -0.919. The molecule has 2 fully saturated rings. The zero-order valence-electron chi connectivity index (χ0n) is 14.3. The van der Waals surface area contributed by atoms with E-state index in [1.807, 2.05) is 11.3 Å². The van der Waals surface area contributed by atoms with Crippen LogP contribution in [0.2, 0.25) is 0 Å². The number of amides is 1. The van der Waals surface area contributed by atoms with Crippen molar-refractivity contribution in [3.8, 4) is 0 Å². The maximum absolute atomic E-state index is 12.6. The summed E-state index contributed by atoms with van der Waals surface area (Å²) in [4.78, 5) is 21.0. The molecule has 4 nitrogen and oxygen atoms in total. The summed E-state index contributed by atoms with van der Waals surface area (Å²) in [6.07, 6.45) is 4.64. The Balaban J connectivity index is 1.38. The van der Waals surface area contributed by atoms with Gasteiger partial charge in [0.15, 0.2) is 6.04 Å². The standard InChI is InChI=1S/C19H25N3OS/c1-14(19(23)22-10-4-5-11-22)21-12-8-15(9-13-21)18-20-16-6-2-3-7-17(16)24-18/h2-3,6-7,14-15H,4-5,8-13H2,1H3/p+1/t14-/m0/s1. The van der Waals surface area contributed by atoms with E-state index in [4.69, 9.17) is 4.98 Å². The van der Waals surface area contributed by atoms with Crippen LogP contribution < -0.4 is 4.90 Å². The summed E-state index contributed by atoms with van der Waals surface area (Å²) < 4.78 is 1.29. The lowest BCUT2D eigenvalue weighted by Gasteiger charge is -2.33. The highest BCUT2D eigenvalue weighted by Crippen LogP contribution is 2.31. The number of para-hydroxylation sites is 1. The Labute approximate surface area is 147 Å². The second-order valence-electron chi connectivity index (χ2n) is 7.21. The minimum Gasteiger partial charge on any atom is -0.338 e. The first-order valence-electron chi connectivity index (χ1n) is 9.21. The van der Waals surface area contributed by atoms with Crippen molar-refractivity contribution in [3.05, 3.63) is 29.3 Å². The molecular weight excluding hydrogens is 318 g/mol. The van der Waals surface area contributed by atoms with Crippen LogP contribution in [0.4, 0.5) is 0 Å². The Morgan fingerprint density at radius 3 is 2.67 bits per heavy atom. The molecule has 0 spiro atoms. The van der Waals surface area contributed by atoms with Crippen molar-refractivity contribution in [3.63, 3.8) is 0 Å². The first-order chi connectivity index (χ1) is 11.7. The van der Waals surface area contributed by atoms with Gasteiger partial charge in [0, 0.05) is 31.8 Å². The molecule has 2 saturated heterocycles. The molecule has 0 radical (unpaired) electrons. The molecule has 2 aliphatic heterocycles. The van der Waals surface area contributed by atoms with E-state index in [0.717, 1.165) is 44.5 Å². The van der Waals surface area contributed by atoms with Gasteiger partial charge in [-0.05, 0) is 31.9 Å². The summed E-state index contributed by atoms with van der Waals surface area (Å²) in [6, 6.07) is 8.52. The number of nitrogens with one attached hydrogen (secondary N) is 1. The van der Waals surface area contributed by atoms with Crippen LogP contribution in [0.5, 0.6) is 0 Å². The minimum absolute atomic E-state index is 0.111. The van der Waals surface area contributed by atoms with Crippen LogP contribution in [-0.4, -0.2) is 48.0 Å². The van der Waals surface area contributed by atoms with Crippen molar-refractivity contribution >= 4 is 27.5 Å². The molecule has 1 aromatic carbocycles. The first kappa shape index (κ1) is 16.0. The Bertz CT molecular complexity index is 681. The van der Waals surface area contributed by atoms with Crippen LogP contribution in [0, 0.1) is 0 Å². The number of rotatable bonds is 3. The van der Waals surface area contributed by atoms with Crippen LogP contribution >= 0.6 is 11.3 Å².